The maximum atomic E-state index is 15.8. The molecule has 1 unspecified atom stereocenters. The van der Waals surface area contributed by atoms with Gasteiger partial charge in [-0.15, -0.1) is 0 Å². The Labute approximate surface area is 220 Å². The number of hydrogen-bond donors (Lipinski definition) is 2. The number of aliphatic hydroxyl groups is 1. The average molecular weight is 576 g/mol. The number of para-hydroxylation sites is 1. The van der Waals surface area contributed by atoms with Crippen LogP contribution >= 0.6 is 19.4 Å². The molecule has 0 saturated carbocycles. The van der Waals surface area contributed by atoms with E-state index in [-0.39, 0.29) is 5.75 Å². The van der Waals surface area contributed by atoms with Crippen LogP contribution in [0.25, 0.3) is 0 Å². The standard InChI is InChI=1S/C22H24ClFN3O10P/c1-13(2)34-18(29)14(3)36-38(32,37-15-7-5-4-6-8-15)33-11-16-17(28)22(24,9-10-23)19(35-16)27-12-25-20(30)26-21(27)31/h4-8,12-14,16-17,19,28H,11H2,1-3H3,(H,26,30,31)/t14-,16+,17?,19+,22+,38-/m0/s1. The van der Waals surface area contributed by atoms with Crippen molar-refractivity contribution in [1.82, 2.24) is 14.5 Å². The molecule has 6 atom stereocenters. The highest BCUT2D eigenvalue weighted by atomic mass is 35.5. The van der Waals surface area contributed by atoms with Crippen LogP contribution in [0.5, 0.6) is 5.75 Å². The number of carbonyl (C=O) groups excluding carboxylic acids is 1. The molecule has 1 saturated heterocycles. The van der Waals surface area contributed by atoms with Gasteiger partial charge in [-0.3, -0.25) is 18.6 Å². The monoisotopic (exact) mass is 575 g/mol. The predicted octanol–water partition coefficient (Wildman–Crippen LogP) is 1.66. The van der Waals surface area contributed by atoms with E-state index in [4.69, 9.17) is 34.6 Å². The number of alkyl halides is 1. The molecule has 2 heterocycles. The Morgan fingerprint density at radius 2 is 2.03 bits per heavy atom. The Hall–Kier alpha value is -3.05. The van der Waals surface area contributed by atoms with Gasteiger partial charge in [-0.05, 0) is 50.4 Å². The van der Waals surface area contributed by atoms with E-state index in [9.17, 15) is 24.1 Å². The molecule has 16 heteroatoms. The summed E-state index contributed by atoms with van der Waals surface area (Å²) in [7, 11) is -4.64. The molecule has 0 spiro atoms. The maximum absolute atomic E-state index is 15.8. The van der Waals surface area contributed by atoms with Gasteiger partial charge in [0.1, 0.15) is 24.3 Å². The number of nitrogens with one attached hydrogen (secondary N) is 1. The number of phosphoric acid groups is 1. The van der Waals surface area contributed by atoms with E-state index >= 15 is 4.39 Å². The van der Waals surface area contributed by atoms with Gasteiger partial charge in [0.05, 0.1) is 12.7 Å². The first-order chi connectivity index (χ1) is 17.9. The van der Waals surface area contributed by atoms with Gasteiger partial charge in [0, 0.05) is 5.38 Å². The number of phosphoric ester groups is 1. The van der Waals surface area contributed by atoms with Crippen molar-refractivity contribution in [1.29, 1.82) is 0 Å². The molecular weight excluding hydrogens is 552 g/mol. The lowest BCUT2D eigenvalue weighted by Crippen LogP contribution is -2.45. The van der Waals surface area contributed by atoms with E-state index in [0.29, 0.717) is 10.9 Å². The third-order valence-electron chi connectivity index (χ3n) is 5.01. The smallest absolute Gasteiger partial charge is 0.461 e. The topological polar surface area (TPSA) is 168 Å². The Balaban J connectivity index is 1.86. The van der Waals surface area contributed by atoms with Gasteiger partial charge in [0.15, 0.2) is 12.3 Å². The molecular formula is C22H24ClFN3O10P. The minimum Gasteiger partial charge on any atom is -0.461 e. The van der Waals surface area contributed by atoms with Crippen molar-refractivity contribution in [2.75, 3.05) is 6.61 Å². The van der Waals surface area contributed by atoms with E-state index in [1.54, 1.807) is 37.4 Å². The third kappa shape index (κ3) is 6.87. The highest BCUT2D eigenvalue weighted by Crippen LogP contribution is 2.52. The first kappa shape index (κ1) is 29.5. The summed E-state index contributed by atoms with van der Waals surface area (Å²) in [5.41, 5.74) is -5.10. The van der Waals surface area contributed by atoms with E-state index in [0.717, 1.165) is 0 Å². The largest absolute Gasteiger partial charge is 0.530 e. The normalized spacial score (nSPS) is 25.2. The van der Waals surface area contributed by atoms with Crippen molar-refractivity contribution < 1.29 is 41.9 Å². The van der Waals surface area contributed by atoms with Crippen LogP contribution < -0.4 is 15.9 Å². The van der Waals surface area contributed by atoms with Gasteiger partial charge in [-0.2, -0.15) is 4.98 Å². The van der Waals surface area contributed by atoms with E-state index < -0.39 is 68.1 Å². The van der Waals surface area contributed by atoms with Gasteiger partial charge in [-0.1, -0.05) is 18.2 Å². The molecule has 1 aromatic carbocycles. The molecule has 206 valence electrons. The zero-order valence-corrected chi connectivity index (χ0v) is 21.9. The molecule has 38 heavy (non-hydrogen) atoms. The number of rotatable bonds is 10. The zero-order valence-electron chi connectivity index (χ0n) is 20.3. The van der Waals surface area contributed by atoms with Crippen LogP contribution in [-0.2, 0) is 27.9 Å². The molecule has 0 bridgehead atoms. The summed E-state index contributed by atoms with van der Waals surface area (Å²) in [4.78, 5) is 40.9. The molecule has 2 N–H and O–H groups in total. The summed E-state index contributed by atoms with van der Waals surface area (Å²) in [5, 5.41) is 12.5. The fourth-order valence-electron chi connectivity index (χ4n) is 3.30. The average Bonchev–Trinajstić information content (AvgIpc) is 3.08. The lowest BCUT2D eigenvalue weighted by atomic mass is 9.97. The number of aromatic amines is 1. The fraction of sp³-hybridized carbons (Fsp3) is 0.455. The molecule has 13 nitrogen and oxygen atoms in total. The van der Waals surface area contributed by atoms with Crippen LogP contribution in [-0.4, -0.2) is 62.3 Å². The van der Waals surface area contributed by atoms with Crippen molar-refractivity contribution in [3.63, 3.8) is 0 Å². The van der Waals surface area contributed by atoms with Crippen LogP contribution in [0, 0.1) is 11.3 Å². The van der Waals surface area contributed by atoms with Gasteiger partial charge in [-0.25, -0.2) is 23.3 Å². The minimum atomic E-state index is -4.64. The van der Waals surface area contributed by atoms with Crippen molar-refractivity contribution in [2.45, 2.75) is 57.1 Å². The number of benzene rings is 1. The Morgan fingerprint density at radius 3 is 2.63 bits per heavy atom. The number of nitrogens with zero attached hydrogens (tertiary/aromatic N) is 2. The first-order valence-electron chi connectivity index (χ1n) is 11.1. The molecule has 3 rings (SSSR count). The Kier molecular flexibility index (Phi) is 9.48. The SMILES string of the molecule is CC(C)OC(=O)[C@H](C)O[P@](=O)(OC[C@H]1O[C@@H](n2cnc(=O)[nH]c2=O)[C@@](F)(C#CCl)C1O)Oc1ccccc1. The van der Waals surface area contributed by atoms with Crippen molar-refractivity contribution >= 4 is 25.4 Å². The number of aromatic nitrogens is 3. The zero-order chi connectivity index (χ0) is 28.1. The second-order valence-corrected chi connectivity index (χ2v) is 9.96. The number of hydrogen-bond acceptors (Lipinski definition) is 11. The highest BCUT2D eigenvalue weighted by Gasteiger charge is 2.58. The summed E-state index contributed by atoms with van der Waals surface area (Å²) in [5.74, 6) is 1.13. The van der Waals surface area contributed by atoms with Crippen LogP contribution in [0.1, 0.15) is 27.0 Å². The number of halogens is 2. The molecule has 0 radical (unpaired) electrons. The Bertz CT molecular complexity index is 1360. The van der Waals surface area contributed by atoms with Gasteiger partial charge in [0.25, 0.3) is 0 Å². The van der Waals surface area contributed by atoms with E-state index in [1.807, 2.05) is 10.9 Å². The van der Waals surface area contributed by atoms with Gasteiger partial charge in [0.2, 0.25) is 5.67 Å². The molecule has 2 aromatic rings. The third-order valence-corrected chi connectivity index (χ3v) is 6.58. The van der Waals surface area contributed by atoms with Crippen molar-refractivity contribution in [3.05, 3.63) is 57.6 Å². The summed E-state index contributed by atoms with van der Waals surface area (Å²) in [6.07, 6.45) is -6.87. The molecule has 1 aliphatic heterocycles. The van der Waals surface area contributed by atoms with Crippen LogP contribution in [0.2, 0.25) is 0 Å². The summed E-state index contributed by atoms with van der Waals surface area (Å²) in [6.45, 7) is 3.64. The summed E-state index contributed by atoms with van der Waals surface area (Å²) < 4.78 is 56.4. The highest BCUT2D eigenvalue weighted by molar-refractivity contribution is 7.49. The maximum Gasteiger partial charge on any atom is 0.530 e. The molecule has 0 aliphatic carbocycles. The fourth-order valence-corrected chi connectivity index (χ4v) is 4.79. The Morgan fingerprint density at radius 1 is 1.34 bits per heavy atom. The van der Waals surface area contributed by atoms with Gasteiger partial charge < -0.3 is 19.1 Å². The second-order valence-electron chi connectivity index (χ2n) is 8.23. The number of esters is 1. The molecule has 0 amide bonds. The molecule has 1 fully saturated rings. The number of aliphatic hydroxyl groups excluding tert-OH is 1. The minimum absolute atomic E-state index is 0.0461. The van der Waals surface area contributed by atoms with Crippen LogP contribution in [0.3, 0.4) is 0 Å². The van der Waals surface area contributed by atoms with Crippen molar-refractivity contribution in [2.24, 2.45) is 0 Å². The molecule has 1 aliphatic rings. The van der Waals surface area contributed by atoms with E-state index in [2.05, 4.69) is 4.98 Å². The lowest BCUT2D eigenvalue weighted by molar-refractivity contribution is -0.156. The van der Waals surface area contributed by atoms with Crippen molar-refractivity contribution in [3.8, 4) is 17.0 Å². The van der Waals surface area contributed by atoms with Crippen LogP contribution in [0.4, 0.5) is 4.39 Å². The molecule has 1 aromatic heterocycles. The van der Waals surface area contributed by atoms with E-state index in [1.165, 1.54) is 19.1 Å². The van der Waals surface area contributed by atoms with Crippen LogP contribution in [0.15, 0.2) is 46.2 Å². The number of carbonyl (C=O) groups is 1. The number of H-pyrrole nitrogens is 1. The summed E-state index contributed by atoms with van der Waals surface area (Å²) >= 11 is 5.38. The second kappa shape index (κ2) is 12.2. The quantitative estimate of drug-likeness (QED) is 0.240. The predicted molar refractivity (Wildman–Crippen MR) is 129 cm³/mol. The van der Waals surface area contributed by atoms with Gasteiger partial charge >= 0.3 is 25.2 Å². The first-order valence-corrected chi connectivity index (χ1v) is 12.9. The lowest BCUT2D eigenvalue weighted by Gasteiger charge is -2.24. The number of ether oxygens (including phenoxy) is 2. The summed E-state index contributed by atoms with van der Waals surface area (Å²) in [6, 6.07) is 7.68.